The average Bonchev–Trinajstić information content (AvgIpc) is 2.66. The van der Waals surface area contributed by atoms with Gasteiger partial charge in [0.15, 0.2) is 11.5 Å². The van der Waals surface area contributed by atoms with Gasteiger partial charge in [0.1, 0.15) is 5.75 Å². The minimum absolute atomic E-state index is 0.239. The van der Waals surface area contributed by atoms with Crippen LogP contribution in [0.15, 0.2) is 35.4 Å². The van der Waals surface area contributed by atoms with Crippen LogP contribution in [0.3, 0.4) is 0 Å². The van der Waals surface area contributed by atoms with Gasteiger partial charge in [-0.05, 0) is 46.7 Å². The number of nitrogens with zero attached hydrogens (tertiary/aromatic N) is 1. The Labute approximate surface area is 178 Å². The number of rotatable bonds is 5. The number of aromatic hydroxyl groups is 1. The first-order valence-electron chi connectivity index (χ1n) is 9.82. The molecule has 0 aliphatic rings. The Morgan fingerprint density at radius 1 is 0.933 bits per heavy atom. The third-order valence-corrected chi connectivity index (χ3v) is 4.77. The summed E-state index contributed by atoms with van der Waals surface area (Å²) >= 11 is 0. The zero-order valence-corrected chi connectivity index (χ0v) is 19.1. The van der Waals surface area contributed by atoms with Crippen LogP contribution in [0.25, 0.3) is 0 Å². The molecule has 0 heterocycles. The van der Waals surface area contributed by atoms with Crippen molar-refractivity contribution in [3.8, 4) is 17.2 Å². The van der Waals surface area contributed by atoms with E-state index < -0.39 is 0 Å². The Morgan fingerprint density at radius 2 is 1.47 bits per heavy atom. The van der Waals surface area contributed by atoms with Gasteiger partial charge in [-0.15, -0.1) is 0 Å². The number of benzene rings is 2. The van der Waals surface area contributed by atoms with Crippen LogP contribution >= 0.6 is 0 Å². The van der Waals surface area contributed by atoms with Crippen molar-refractivity contribution in [3.05, 3.63) is 52.6 Å². The molecule has 0 radical (unpaired) electrons. The number of amides is 1. The van der Waals surface area contributed by atoms with E-state index in [9.17, 15) is 9.90 Å². The van der Waals surface area contributed by atoms with Gasteiger partial charge in [-0.3, -0.25) is 4.79 Å². The highest BCUT2D eigenvalue weighted by atomic mass is 16.5. The summed E-state index contributed by atoms with van der Waals surface area (Å²) in [7, 11) is 3.05. The van der Waals surface area contributed by atoms with Gasteiger partial charge < -0.3 is 14.6 Å². The molecule has 0 aliphatic carbocycles. The molecule has 0 spiro atoms. The second-order valence-corrected chi connectivity index (χ2v) is 9.23. The van der Waals surface area contributed by atoms with Crippen molar-refractivity contribution >= 4 is 12.1 Å². The van der Waals surface area contributed by atoms with Crippen LogP contribution in [0.1, 0.15) is 68.6 Å². The number of phenols is 1. The maximum Gasteiger partial charge on any atom is 0.271 e. The standard InChI is InChI=1S/C24H32N2O4/c1-23(2,3)17-11-15(12-18(21(17)27)24(4,5)6)14-25-26-22(28)16-9-10-19(29-7)20(13-16)30-8/h9-14,27H,1-8H3,(H,26,28)/b25-14+. The third-order valence-electron chi connectivity index (χ3n) is 4.77. The Morgan fingerprint density at radius 3 is 1.93 bits per heavy atom. The SMILES string of the molecule is COc1ccc(C(=O)N/N=C/c2cc(C(C)(C)C)c(O)c(C(C)(C)C)c2)cc1OC. The van der Waals surface area contributed by atoms with Gasteiger partial charge >= 0.3 is 0 Å². The lowest BCUT2D eigenvalue weighted by Crippen LogP contribution is -2.19. The van der Waals surface area contributed by atoms with Gasteiger partial charge in [0.05, 0.1) is 20.4 Å². The number of methoxy groups -OCH3 is 2. The van der Waals surface area contributed by atoms with Crippen molar-refractivity contribution < 1.29 is 19.4 Å². The van der Waals surface area contributed by atoms with E-state index in [1.165, 1.54) is 14.2 Å². The van der Waals surface area contributed by atoms with Crippen molar-refractivity contribution in [2.24, 2.45) is 5.10 Å². The van der Waals surface area contributed by atoms with Crippen LogP contribution in [0.4, 0.5) is 0 Å². The number of hydrogen-bond acceptors (Lipinski definition) is 5. The Bertz CT molecular complexity index is 916. The van der Waals surface area contributed by atoms with Gasteiger partial charge in [0, 0.05) is 16.7 Å². The van der Waals surface area contributed by atoms with Crippen LogP contribution in [-0.2, 0) is 10.8 Å². The van der Waals surface area contributed by atoms with Crippen LogP contribution in [0.5, 0.6) is 17.2 Å². The van der Waals surface area contributed by atoms with E-state index in [2.05, 4.69) is 10.5 Å². The highest BCUT2D eigenvalue weighted by Gasteiger charge is 2.26. The molecule has 0 saturated carbocycles. The van der Waals surface area contributed by atoms with Crippen molar-refractivity contribution in [1.82, 2.24) is 5.43 Å². The molecule has 0 saturated heterocycles. The van der Waals surface area contributed by atoms with E-state index in [0.717, 1.165) is 16.7 Å². The third kappa shape index (κ3) is 5.32. The summed E-state index contributed by atoms with van der Waals surface area (Å²) in [6, 6.07) is 8.71. The van der Waals surface area contributed by atoms with Gasteiger partial charge in [-0.1, -0.05) is 41.5 Å². The molecule has 0 aliphatic heterocycles. The fourth-order valence-corrected chi connectivity index (χ4v) is 3.08. The number of hydrogen-bond donors (Lipinski definition) is 2. The summed E-state index contributed by atoms with van der Waals surface area (Å²) in [5, 5.41) is 14.9. The maximum absolute atomic E-state index is 12.4. The molecule has 6 heteroatoms. The largest absolute Gasteiger partial charge is 0.507 e. The molecule has 6 nitrogen and oxygen atoms in total. The minimum Gasteiger partial charge on any atom is -0.507 e. The molecule has 0 fully saturated rings. The Hall–Kier alpha value is -3.02. The van der Waals surface area contributed by atoms with E-state index in [1.807, 2.05) is 53.7 Å². The van der Waals surface area contributed by atoms with Crippen molar-refractivity contribution in [2.45, 2.75) is 52.4 Å². The molecule has 30 heavy (non-hydrogen) atoms. The van der Waals surface area contributed by atoms with Crippen molar-refractivity contribution in [1.29, 1.82) is 0 Å². The number of carbonyl (C=O) groups excluding carboxylic acids is 1. The molecule has 2 N–H and O–H groups in total. The highest BCUT2D eigenvalue weighted by molar-refractivity contribution is 5.95. The van der Waals surface area contributed by atoms with E-state index in [0.29, 0.717) is 22.8 Å². The number of nitrogens with one attached hydrogen (secondary N) is 1. The molecule has 2 aromatic carbocycles. The zero-order chi connectivity index (χ0) is 22.7. The van der Waals surface area contributed by atoms with Gasteiger partial charge in [0.25, 0.3) is 5.91 Å². The van der Waals surface area contributed by atoms with Crippen LogP contribution in [-0.4, -0.2) is 31.4 Å². The molecule has 0 aromatic heterocycles. The van der Waals surface area contributed by atoms with Gasteiger partial charge in [-0.2, -0.15) is 5.10 Å². The molecule has 0 atom stereocenters. The first kappa shape index (κ1) is 23.3. The van der Waals surface area contributed by atoms with Gasteiger partial charge in [-0.25, -0.2) is 5.43 Å². The Kier molecular flexibility index (Phi) is 6.80. The second-order valence-electron chi connectivity index (χ2n) is 9.23. The molecule has 2 rings (SSSR count). The average molecular weight is 413 g/mol. The number of phenolic OH excluding ortho intramolecular Hbond substituents is 1. The van der Waals surface area contributed by atoms with Crippen LogP contribution in [0, 0.1) is 0 Å². The lowest BCUT2D eigenvalue weighted by atomic mass is 9.78. The predicted octanol–water partition coefficient (Wildman–Crippen LogP) is 4.77. The lowest BCUT2D eigenvalue weighted by molar-refractivity contribution is 0.0954. The molecule has 0 unspecified atom stereocenters. The molecule has 2 aromatic rings. The van der Waals surface area contributed by atoms with E-state index >= 15 is 0 Å². The molecular formula is C24H32N2O4. The van der Waals surface area contributed by atoms with E-state index in [-0.39, 0.29) is 16.7 Å². The lowest BCUT2D eigenvalue weighted by Gasteiger charge is -2.27. The molecule has 162 valence electrons. The summed E-state index contributed by atoms with van der Waals surface area (Å²) in [6.45, 7) is 12.3. The van der Waals surface area contributed by atoms with Crippen molar-refractivity contribution in [2.75, 3.05) is 14.2 Å². The summed E-state index contributed by atoms with van der Waals surface area (Å²) < 4.78 is 10.4. The summed E-state index contributed by atoms with van der Waals surface area (Å²) in [6.07, 6.45) is 1.59. The number of ether oxygens (including phenoxy) is 2. The smallest absolute Gasteiger partial charge is 0.271 e. The fraction of sp³-hybridized carbons (Fsp3) is 0.417. The highest BCUT2D eigenvalue weighted by Crippen LogP contribution is 2.39. The molecular weight excluding hydrogens is 380 g/mol. The van der Waals surface area contributed by atoms with Gasteiger partial charge in [0.2, 0.25) is 0 Å². The zero-order valence-electron chi connectivity index (χ0n) is 19.1. The van der Waals surface area contributed by atoms with Crippen LogP contribution < -0.4 is 14.9 Å². The minimum atomic E-state index is -0.363. The van der Waals surface area contributed by atoms with E-state index in [1.54, 1.807) is 24.4 Å². The first-order valence-corrected chi connectivity index (χ1v) is 9.82. The van der Waals surface area contributed by atoms with Crippen molar-refractivity contribution in [3.63, 3.8) is 0 Å². The second kappa shape index (κ2) is 8.78. The summed E-state index contributed by atoms with van der Waals surface area (Å²) in [4.78, 5) is 12.4. The molecule has 1 amide bonds. The normalized spacial score (nSPS) is 12.1. The summed E-state index contributed by atoms with van der Waals surface area (Å²) in [5.41, 5.74) is 4.94. The van der Waals surface area contributed by atoms with E-state index in [4.69, 9.17) is 9.47 Å². The van der Waals surface area contributed by atoms with Crippen LogP contribution in [0.2, 0.25) is 0 Å². The molecule has 0 bridgehead atoms. The monoisotopic (exact) mass is 412 g/mol. The topological polar surface area (TPSA) is 80.2 Å². The number of carbonyl (C=O) groups is 1. The predicted molar refractivity (Wildman–Crippen MR) is 120 cm³/mol. The first-order chi connectivity index (χ1) is 13.9. The number of hydrazone groups is 1. The fourth-order valence-electron chi connectivity index (χ4n) is 3.08. The summed E-state index contributed by atoms with van der Waals surface area (Å²) in [5.74, 6) is 0.961. The quantitative estimate of drug-likeness (QED) is 0.548. The Balaban J connectivity index is 2.31. The maximum atomic E-state index is 12.4.